The van der Waals surface area contributed by atoms with Gasteiger partial charge in [-0.25, -0.2) is 0 Å². The van der Waals surface area contributed by atoms with E-state index in [4.69, 9.17) is 23.8 Å². The van der Waals surface area contributed by atoms with E-state index in [0.29, 0.717) is 5.11 Å². The van der Waals surface area contributed by atoms with Crippen molar-refractivity contribution in [1.29, 1.82) is 0 Å². The van der Waals surface area contributed by atoms with Gasteiger partial charge in [-0.15, -0.1) is 0 Å². The minimum absolute atomic E-state index is 0.187. The lowest BCUT2D eigenvalue weighted by Crippen LogP contribution is -2.34. The standard InChI is InChI=1S/C10H13ClN2S/c1-7(13-10(14)12-2)8-3-5-9(11)6-4-8/h3-7H,1-2H3,(H2,12,13,14)/t7-/m0/s1. The normalized spacial score (nSPS) is 11.9. The molecule has 0 aliphatic rings. The molecule has 0 saturated heterocycles. The SMILES string of the molecule is CNC(=S)N[C@@H](C)c1ccc(Cl)cc1. The van der Waals surface area contributed by atoms with Gasteiger partial charge < -0.3 is 10.6 Å². The number of halogens is 1. The number of nitrogens with one attached hydrogen (secondary N) is 2. The van der Waals surface area contributed by atoms with Gasteiger partial charge in [0.25, 0.3) is 0 Å². The summed E-state index contributed by atoms with van der Waals surface area (Å²) < 4.78 is 0. The molecule has 1 aromatic carbocycles. The van der Waals surface area contributed by atoms with Crippen LogP contribution < -0.4 is 10.6 Å². The Morgan fingerprint density at radius 1 is 1.36 bits per heavy atom. The minimum Gasteiger partial charge on any atom is -0.366 e. The zero-order chi connectivity index (χ0) is 10.6. The van der Waals surface area contributed by atoms with E-state index in [1.807, 2.05) is 31.2 Å². The molecule has 0 saturated carbocycles. The second-order valence-electron chi connectivity index (χ2n) is 3.00. The molecule has 0 aromatic heterocycles. The number of thiocarbonyl (C=S) groups is 1. The van der Waals surface area contributed by atoms with E-state index in [1.54, 1.807) is 7.05 Å². The molecular formula is C10H13ClN2S. The first-order valence-corrected chi connectivity index (χ1v) is 5.16. The van der Waals surface area contributed by atoms with Gasteiger partial charge >= 0.3 is 0 Å². The Labute approximate surface area is 94.7 Å². The predicted molar refractivity (Wildman–Crippen MR) is 64.7 cm³/mol. The van der Waals surface area contributed by atoms with Crippen LogP contribution in [-0.2, 0) is 0 Å². The van der Waals surface area contributed by atoms with Crippen LogP contribution in [0.15, 0.2) is 24.3 Å². The van der Waals surface area contributed by atoms with E-state index in [1.165, 1.54) is 0 Å². The van der Waals surface area contributed by atoms with Gasteiger partial charge in [-0.05, 0) is 36.8 Å². The Hall–Kier alpha value is -0.800. The van der Waals surface area contributed by atoms with Gasteiger partial charge in [0.15, 0.2) is 5.11 Å². The highest BCUT2D eigenvalue weighted by molar-refractivity contribution is 7.80. The smallest absolute Gasteiger partial charge is 0.166 e. The summed E-state index contributed by atoms with van der Waals surface area (Å²) in [5.74, 6) is 0. The zero-order valence-corrected chi connectivity index (χ0v) is 9.75. The zero-order valence-electron chi connectivity index (χ0n) is 8.17. The second kappa shape index (κ2) is 5.17. The maximum atomic E-state index is 5.79. The van der Waals surface area contributed by atoms with Crippen molar-refractivity contribution in [3.63, 3.8) is 0 Å². The third-order valence-electron chi connectivity index (χ3n) is 1.94. The Kier molecular flexibility index (Phi) is 4.17. The second-order valence-corrected chi connectivity index (χ2v) is 3.84. The molecule has 4 heteroatoms. The van der Waals surface area contributed by atoms with E-state index in [-0.39, 0.29) is 6.04 Å². The maximum absolute atomic E-state index is 5.79. The summed E-state index contributed by atoms with van der Waals surface area (Å²) in [5.41, 5.74) is 1.16. The molecule has 0 aliphatic heterocycles. The fourth-order valence-electron chi connectivity index (χ4n) is 1.10. The number of rotatable bonds is 2. The number of hydrogen-bond acceptors (Lipinski definition) is 1. The highest BCUT2D eigenvalue weighted by Gasteiger charge is 2.05. The van der Waals surface area contributed by atoms with Crippen molar-refractivity contribution in [2.24, 2.45) is 0 Å². The van der Waals surface area contributed by atoms with Crippen molar-refractivity contribution in [1.82, 2.24) is 10.6 Å². The first-order chi connectivity index (χ1) is 6.63. The third kappa shape index (κ3) is 3.16. The molecule has 0 spiro atoms. The lowest BCUT2D eigenvalue weighted by molar-refractivity contribution is 0.709. The van der Waals surface area contributed by atoms with Crippen molar-refractivity contribution < 1.29 is 0 Å². The van der Waals surface area contributed by atoms with Gasteiger partial charge in [0.2, 0.25) is 0 Å². The van der Waals surface area contributed by atoms with Crippen molar-refractivity contribution in [3.8, 4) is 0 Å². The molecule has 1 aromatic rings. The van der Waals surface area contributed by atoms with Crippen LogP contribution in [0.5, 0.6) is 0 Å². The summed E-state index contributed by atoms with van der Waals surface area (Å²) in [5, 5.41) is 7.41. The molecule has 2 N–H and O–H groups in total. The Morgan fingerprint density at radius 3 is 2.43 bits per heavy atom. The van der Waals surface area contributed by atoms with Crippen LogP contribution in [0.2, 0.25) is 5.02 Å². The predicted octanol–water partition coefficient (Wildman–Crippen LogP) is 2.49. The monoisotopic (exact) mass is 228 g/mol. The lowest BCUT2D eigenvalue weighted by atomic mass is 10.1. The first kappa shape index (κ1) is 11.3. The minimum atomic E-state index is 0.187. The van der Waals surface area contributed by atoms with Crippen molar-refractivity contribution in [3.05, 3.63) is 34.9 Å². The molecule has 0 fully saturated rings. The molecule has 0 bridgehead atoms. The summed E-state index contributed by atoms with van der Waals surface area (Å²) in [4.78, 5) is 0. The van der Waals surface area contributed by atoms with Gasteiger partial charge in [-0.3, -0.25) is 0 Å². The van der Waals surface area contributed by atoms with E-state index >= 15 is 0 Å². The van der Waals surface area contributed by atoms with Crippen molar-refractivity contribution >= 4 is 28.9 Å². The van der Waals surface area contributed by atoms with Crippen LogP contribution in [0.3, 0.4) is 0 Å². The number of hydrogen-bond donors (Lipinski definition) is 2. The first-order valence-electron chi connectivity index (χ1n) is 4.37. The van der Waals surface area contributed by atoms with E-state index in [2.05, 4.69) is 10.6 Å². The average molecular weight is 229 g/mol. The molecule has 1 atom stereocenters. The molecule has 0 radical (unpaired) electrons. The van der Waals surface area contributed by atoms with Gasteiger partial charge in [-0.2, -0.15) is 0 Å². The lowest BCUT2D eigenvalue weighted by Gasteiger charge is -2.15. The molecule has 0 heterocycles. The van der Waals surface area contributed by atoms with Gasteiger partial charge in [0, 0.05) is 12.1 Å². The Balaban J connectivity index is 2.65. The molecule has 0 aliphatic carbocycles. The van der Waals surface area contributed by atoms with Crippen molar-refractivity contribution in [2.75, 3.05) is 7.05 Å². The van der Waals surface area contributed by atoms with E-state index < -0.39 is 0 Å². The quantitative estimate of drug-likeness (QED) is 0.761. The van der Waals surface area contributed by atoms with Gasteiger partial charge in [-0.1, -0.05) is 23.7 Å². The van der Waals surface area contributed by atoms with Gasteiger partial charge in [0.05, 0.1) is 6.04 Å². The van der Waals surface area contributed by atoms with Crippen molar-refractivity contribution in [2.45, 2.75) is 13.0 Å². The largest absolute Gasteiger partial charge is 0.366 e. The molecule has 0 unspecified atom stereocenters. The highest BCUT2D eigenvalue weighted by atomic mass is 35.5. The van der Waals surface area contributed by atoms with Crippen LogP contribution in [0.1, 0.15) is 18.5 Å². The van der Waals surface area contributed by atoms with E-state index in [0.717, 1.165) is 10.6 Å². The van der Waals surface area contributed by atoms with Crippen LogP contribution >= 0.6 is 23.8 Å². The summed E-state index contributed by atoms with van der Waals surface area (Å²) >= 11 is 10.8. The Bertz CT molecular complexity index is 310. The highest BCUT2D eigenvalue weighted by Crippen LogP contribution is 2.15. The Morgan fingerprint density at radius 2 is 1.93 bits per heavy atom. The molecule has 14 heavy (non-hydrogen) atoms. The fourth-order valence-corrected chi connectivity index (χ4v) is 1.41. The average Bonchev–Trinajstić information content (AvgIpc) is 2.18. The summed E-state index contributed by atoms with van der Waals surface area (Å²) in [6.07, 6.45) is 0. The summed E-state index contributed by atoms with van der Waals surface area (Å²) in [6.45, 7) is 2.05. The molecular weight excluding hydrogens is 216 g/mol. The molecule has 0 amide bonds. The van der Waals surface area contributed by atoms with Crippen LogP contribution in [0, 0.1) is 0 Å². The summed E-state index contributed by atoms with van der Waals surface area (Å²) in [6, 6.07) is 7.90. The number of benzene rings is 1. The van der Waals surface area contributed by atoms with E-state index in [9.17, 15) is 0 Å². The molecule has 2 nitrogen and oxygen atoms in total. The summed E-state index contributed by atoms with van der Waals surface area (Å²) in [7, 11) is 1.80. The fraction of sp³-hybridized carbons (Fsp3) is 0.300. The third-order valence-corrected chi connectivity index (χ3v) is 2.52. The maximum Gasteiger partial charge on any atom is 0.166 e. The van der Waals surface area contributed by atoms with Crippen LogP contribution in [-0.4, -0.2) is 12.2 Å². The van der Waals surface area contributed by atoms with Crippen LogP contribution in [0.4, 0.5) is 0 Å². The van der Waals surface area contributed by atoms with Crippen LogP contribution in [0.25, 0.3) is 0 Å². The molecule has 1 rings (SSSR count). The van der Waals surface area contributed by atoms with Gasteiger partial charge in [0.1, 0.15) is 0 Å². The molecule has 76 valence electrons. The topological polar surface area (TPSA) is 24.1 Å².